The van der Waals surface area contributed by atoms with E-state index in [1.807, 2.05) is 33.2 Å². The summed E-state index contributed by atoms with van der Waals surface area (Å²) in [6, 6.07) is 8.21. The van der Waals surface area contributed by atoms with Crippen LogP contribution in [0, 0.1) is 5.92 Å². The summed E-state index contributed by atoms with van der Waals surface area (Å²) in [5.41, 5.74) is 2.25. The largest absolute Gasteiger partial charge is 0.319 e. The maximum absolute atomic E-state index is 12.1. The summed E-state index contributed by atoms with van der Waals surface area (Å²) in [5, 5.41) is 3.03. The first-order valence-corrected chi connectivity index (χ1v) is 6.49. The first-order valence-electron chi connectivity index (χ1n) is 6.49. The number of nitrogens with zero attached hydrogens (tertiary/aromatic N) is 1. The maximum Gasteiger partial charge on any atom is 0.230 e. The molecule has 19 heavy (non-hydrogen) atoms. The Kier molecular flexibility index (Phi) is 7.72. The summed E-state index contributed by atoms with van der Waals surface area (Å²) in [7, 11) is 3.69. The molecule has 1 aromatic rings. The third-order valence-corrected chi connectivity index (χ3v) is 3.21. The maximum atomic E-state index is 12.1. The van der Waals surface area contributed by atoms with Crippen LogP contribution >= 0.6 is 12.4 Å². The van der Waals surface area contributed by atoms with Crippen molar-refractivity contribution in [2.75, 3.05) is 25.5 Å². The van der Waals surface area contributed by atoms with Gasteiger partial charge in [0.1, 0.15) is 0 Å². The molecule has 3 nitrogen and oxygen atoms in total. The molecule has 108 valence electrons. The highest BCUT2D eigenvalue weighted by Gasteiger charge is 2.17. The average Bonchev–Trinajstić information content (AvgIpc) is 2.37. The lowest BCUT2D eigenvalue weighted by Crippen LogP contribution is -2.35. The Morgan fingerprint density at radius 1 is 1.21 bits per heavy atom. The van der Waals surface area contributed by atoms with Gasteiger partial charge in [-0.25, -0.2) is 0 Å². The van der Waals surface area contributed by atoms with Crippen LogP contribution in [0.3, 0.4) is 0 Å². The van der Waals surface area contributed by atoms with Gasteiger partial charge in [-0.3, -0.25) is 4.79 Å². The van der Waals surface area contributed by atoms with Crippen molar-refractivity contribution >= 4 is 24.0 Å². The molecule has 1 unspecified atom stereocenters. The van der Waals surface area contributed by atoms with Crippen LogP contribution < -0.4 is 10.2 Å². The van der Waals surface area contributed by atoms with Gasteiger partial charge in [0, 0.05) is 25.2 Å². The molecule has 1 aromatic carbocycles. The van der Waals surface area contributed by atoms with Crippen LogP contribution in [0.4, 0.5) is 5.69 Å². The molecular formula is C15H25ClN2O. The quantitative estimate of drug-likeness (QED) is 0.901. The second kappa shape index (κ2) is 8.18. The number of carbonyl (C=O) groups excluding carboxylic acids is 1. The summed E-state index contributed by atoms with van der Waals surface area (Å²) in [5.74, 6) is 0.648. The minimum Gasteiger partial charge on any atom is -0.319 e. The van der Waals surface area contributed by atoms with Crippen LogP contribution in [0.1, 0.15) is 32.3 Å². The highest BCUT2D eigenvalue weighted by atomic mass is 35.5. The van der Waals surface area contributed by atoms with Crippen molar-refractivity contribution < 1.29 is 4.79 Å². The van der Waals surface area contributed by atoms with E-state index in [-0.39, 0.29) is 24.2 Å². The Morgan fingerprint density at radius 3 is 2.16 bits per heavy atom. The predicted octanol–water partition coefficient (Wildman–Crippen LogP) is 3.05. The summed E-state index contributed by atoms with van der Waals surface area (Å²) in [6.07, 6.45) is 0. The van der Waals surface area contributed by atoms with Crippen molar-refractivity contribution in [2.45, 2.75) is 26.7 Å². The first-order chi connectivity index (χ1) is 8.47. The zero-order chi connectivity index (χ0) is 13.7. The molecule has 0 bridgehead atoms. The molecule has 1 amide bonds. The Balaban J connectivity index is 0.00000324. The number of rotatable bonds is 5. The Bertz CT molecular complexity index is 390. The molecule has 0 fully saturated rings. The number of nitrogens with one attached hydrogen (secondary N) is 1. The monoisotopic (exact) mass is 284 g/mol. The van der Waals surface area contributed by atoms with Gasteiger partial charge in [0.15, 0.2) is 0 Å². The Morgan fingerprint density at radius 2 is 1.74 bits per heavy atom. The molecule has 0 saturated carbocycles. The standard InChI is InChI=1S/C15H24N2O.ClH/c1-11(2)13-6-8-14(9-7-13)17(5)15(18)12(3)10-16-4;/h6-9,11-12,16H,10H2,1-5H3;1H. The van der Waals surface area contributed by atoms with E-state index >= 15 is 0 Å². The van der Waals surface area contributed by atoms with Gasteiger partial charge < -0.3 is 10.2 Å². The van der Waals surface area contributed by atoms with Crippen molar-refractivity contribution in [3.05, 3.63) is 29.8 Å². The van der Waals surface area contributed by atoms with E-state index in [0.29, 0.717) is 12.5 Å². The van der Waals surface area contributed by atoms with Crippen molar-refractivity contribution in [1.82, 2.24) is 5.32 Å². The molecule has 0 aromatic heterocycles. The summed E-state index contributed by atoms with van der Waals surface area (Å²) in [4.78, 5) is 13.9. The Labute approximate surface area is 122 Å². The predicted molar refractivity (Wildman–Crippen MR) is 84.3 cm³/mol. The fraction of sp³-hybridized carbons (Fsp3) is 0.533. The summed E-state index contributed by atoms with van der Waals surface area (Å²) < 4.78 is 0. The molecule has 1 N–H and O–H groups in total. The SMILES string of the molecule is CNCC(C)C(=O)N(C)c1ccc(C(C)C)cc1.Cl. The zero-order valence-corrected chi connectivity index (χ0v) is 13.3. The van der Waals surface area contributed by atoms with Gasteiger partial charge in [0.25, 0.3) is 0 Å². The van der Waals surface area contributed by atoms with E-state index in [2.05, 4.69) is 31.3 Å². The molecule has 0 spiro atoms. The fourth-order valence-electron chi connectivity index (χ4n) is 1.93. The molecule has 0 heterocycles. The average molecular weight is 285 g/mol. The van der Waals surface area contributed by atoms with Gasteiger partial charge in [0.05, 0.1) is 0 Å². The molecule has 0 aliphatic rings. The third-order valence-electron chi connectivity index (χ3n) is 3.21. The molecule has 4 heteroatoms. The zero-order valence-electron chi connectivity index (χ0n) is 12.4. The minimum absolute atomic E-state index is 0. The normalized spacial score (nSPS) is 11.9. The lowest BCUT2D eigenvalue weighted by molar-refractivity contribution is -0.121. The van der Waals surface area contributed by atoms with Crippen LogP contribution in [0.15, 0.2) is 24.3 Å². The van der Waals surface area contributed by atoms with Crippen LogP contribution in [0.25, 0.3) is 0 Å². The summed E-state index contributed by atoms with van der Waals surface area (Å²) >= 11 is 0. The first kappa shape index (κ1) is 17.9. The van der Waals surface area contributed by atoms with Gasteiger partial charge in [0.2, 0.25) is 5.91 Å². The van der Waals surface area contributed by atoms with Gasteiger partial charge >= 0.3 is 0 Å². The van der Waals surface area contributed by atoms with Crippen molar-refractivity contribution in [2.24, 2.45) is 5.92 Å². The number of benzene rings is 1. The van der Waals surface area contributed by atoms with Crippen molar-refractivity contribution in [3.63, 3.8) is 0 Å². The molecule has 1 rings (SSSR count). The number of hydrogen-bond acceptors (Lipinski definition) is 2. The van der Waals surface area contributed by atoms with E-state index in [9.17, 15) is 4.79 Å². The number of halogens is 1. The topological polar surface area (TPSA) is 32.3 Å². The van der Waals surface area contributed by atoms with Gasteiger partial charge in [-0.1, -0.05) is 32.9 Å². The molecule has 0 radical (unpaired) electrons. The number of carbonyl (C=O) groups is 1. The van der Waals surface area contributed by atoms with E-state index in [1.54, 1.807) is 4.90 Å². The smallest absolute Gasteiger partial charge is 0.230 e. The van der Waals surface area contributed by atoms with Crippen LogP contribution in [0.2, 0.25) is 0 Å². The third kappa shape index (κ3) is 4.84. The van der Waals surface area contributed by atoms with Crippen LogP contribution in [-0.4, -0.2) is 26.5 Å². The highest BCUT2D eigenvalue weighted by Crippen LogP contribution is 2.20. The van der Waals surface area contributed by atoms with E-state index in [0.717, 1.165) is 5.69 Å². The van der Waals surface area contributed by atoms with E-state index in [1.165, 1.54) is 5.56 Å². The Hall–Kier alpha value is -1.06. The van der Waals surface area contributed by atoms with Crippen LogP contribution in [0.5, 0.6) is 0 Å². The number of hydrogen-bond donors (Lipinski definition) is 1. The molecule has 0 aliphatic carbocycles. The van der Waals surface area contributed by atoms with Gasteiger partial charge in [-0.15, -0.1) is 12.4 Å². The van der Waals surface area contributed by atoms with E-state index in [4.69, 9.17) is 0 Å². The van der Waals surface area contributed by atoms with E-state index < -0.39 is 0 Å². The molecular weight excluding hydrogens is 260 g/mol. The van der Waals surface area contributed by atoms with Crippen LogP contribution in [-0.2, 0) is 4.79 Å². The minimum atomic E-state index is -0.00947. The van der Waals surface area contributed by atoms with Gasteiger partial charge in [-0.05, 0) is 30.7 Å². The fourth-order valence-corrected chi connectivity index (χ4v) is 1.93. The lowest BCUT2D eigenvalue weighted by Gasteiger charge is -2.22. The second-order valence-corrected chi connectivity index (χ2v) is 5.10. The van der Waals surface area contributed by atoms with Crippen molar-refractivity contribution in [3.8, 4) is 0 Å². The lowest BCUT2D eigenvalue weighted by atomic mass is 10.0. The number of amides is 1. The molecule has 0 aliphatic heterocycles. The highest BCUT2D eigenvalue weighted by molar-refractivity contribution is 5.94. The molecule has 0 saturated heterocycles. The summed E-state index contributed by atoms with van der Waals surface area (Å²) in [6.45, 7) is 6.98. The number of anilines is 1. The van der Waals surface area contributed by atoms with Crippen molar-refractivity contribution in [1.29, 1.82) is 0 Å². The molecule has 1 atom stereocenters. The second-order valence-electron chi connectivity index (χ2n) is 5.10. The van der Waals surface area contributed by atoms with Gasteiger partial charge in [-0.2, -0.15) is 0 Å².